The van der Waals surface area contributed by atoms with Crippen LogP contribution in [0, 0.1) is 11.8 Å². The van der Waals surface area contributed by atoms with Gasteiger partial charge in [0, 0.05) is 39.0 Å². The number of amides is 3. The third kappa shape index (κ3) is 5.69. The molecule has 1 spiro atoms. The molecule has 2 aliphatic heterocycles. The van der Waals surface area contributed by atoms with Gasteiger partial charge in [-0.3, -0.25) is 9.69 Å². The monoisotopic (exact) mass is 410 g/mol. The lowest BCUT2D eigenvalue weighted by molar-refractivity contribution is -0.188. The first kappa shape index (κ1) is 22.5. The maximum Gasteiger partial charge on any atom is 0.324 e. The summed E-state index contributed by atoms with van der Waals surface area (Å²) in [5.41, 5.74) is 0. The number of ether oxygens (including phenoxy) is 2. The number of urea groups is 1. The number of likely N-dealkylation sites (N-methyl/N-ethyl adjacent to an activating group) is 1. The van der Waals surface area contributed by atoms with Crippen molar-refractivity contribution in [3.8, 4) is 0 Å². The van der Waals surface area contributed by atoms with Crippen LogP contribution < -0.4 is 10.6 Å². The Morgan fingerprint density at radius 2 is 2.00 bits per heavy atom. The van der Waals surface area contributed by atoms with Crippen LogP contribution in [0.2, 0.25) is 0 Å². The lowest BCUT2D eigenvalue weighted by Crippen LogP contribution is -2.61. The second kappa shape index (κ2) is 10.2. The van der Waals surface area contributed by atoms with Crippen LogP contribution in [0.1, 0.15) is 45.4 Å². The number of rotatable bonds is 8. The minimum absolute atomic E-state index is 0.0701. The molecule has 0 bridgehead atoms. The Morgan fingerprint density at radius 3 is 2.62 bits per heavy atom. The van der Waals surface area contributed by atoms with Crippen molar-refractivity contribution >= 4 is 11.9 Å². The molecule has 1 saturated carbocycles. The quantitative estimate of drug-likeness (QED) is 0.630. The van der Waals surface area contributed by atoms with E-state index < -0.39 is 5.79 Å². The second-order valence-electron chi connectivity index (χ2n) is 8.92. The zero-order chi connectivity index (χ0) is 20.9. The van der Waals surface area contributed by atoms with Gasteiger partial charge >= 0.3 is 6.03 Å². The molecule has 166 valence electrons. The summed E-state index contributed by atoms with van der Waals surface area (Å²) >= 11 is 0. The summed E-state index contributed by atoms with van der Waals surface area (Å²) in [5.74, 6) is -0.356. The van der Waals surface area contributed by atoms with Crippen molar-refractivity contribution in [1.82, 2.24) is 20.4 Å². The number of nitrogens with zero attached hydrogens (tertiary/aromatic N) is 2. The van der Waals surface area contributed by atoms with Gasteiger partial charge < -0.3 is 25.0 Å². The molecule has 3 amide bonds. The van der Waals surface area contributed by atoms with E-state index in [-0.39, 0.29) is 23.9 Å². The van der Waals surface area contributed by atoms with Gasteiger partial charge in [0.05, 0.1) is 25.2 Å². The van der Waals surface area contributed by atoms with E-state index >= 15 is 0 Å². The van der Waals surface area contributed by atoms with Crippen molar-refractivity contribution in [2.45, 2.75) is 57.3 Å². The zero-order valence-corrected chi connectivity index (χ0v) is 18.2. The van der Waals surface area contributed by atoms with E-state index in [4.69, 9.17) is 9.47 Å². The summed E-state index contributed by atoms with van der Waals surface area (Å²) < 4.78 is 11.8. The highest BCUT2D eigenvalue weighted by atomic mass is 16.7. The molecule has 3 rings (SSSR count). The Morgan fingerprint density at radius 1 is 1.28 bits per heavy atom. The molecule has 8 heteroatoms. The first-order valence-electron chi connectivity index (χ1n) is 11.2. The maximum absolute atomic E-state index is 13.4. The number of hydrogen-bond donors (Lipinski definition) is 2. The van der Waals surface area contributed by atoms with Gasteiger partial charge in [0.2, 0.25) is 5.91 Å². The molecule has 2 unspecified atom stereocenters. The minimum Gasteiger partial charge on any atom is -0.348 e. The van der Waals surface area contributed by atoms with E-state index in [9.17, 15) is 9.59 Å². The minimum atomic E-state index is -0.438. The first-order chi connectivity index (χ1) is 14.0. The van der Waals surface area contributed by atoms with Crippen LogP contribution in [0.15, 0.2) is 0 Å². The fourth-order valence-corrected chi connectivity index (χ4v) is 4.98. The predicted molar refractivity (Wildman–Crippen MR) is 110 cm³/mol. The lowest BCUT2D eigenvalue weighted by atomic mass is 9.79. The van der Waals surface area contributed by atoms with E-state index in [2.05, 4.69) is 15.5 Å². The molecule has 0 radical (unpaired) electrons. The molecule has 3 fully saturated rings. The molecule has 8 nitrogen and oxygen atoms in total. The van der Waals surface area contributed by atoms with Crippen LogP contribution in [-0.4, -0.2) is 87.1 Å². The van der Waals surface area contributed by atoms with Crippen LogP contribution in [-0.2, 0) is 14.3 Å². The van der Waals surface area contributed by atoms with Crippen molar-refractivity contribution in [3.63, 3.8) is 0 Å². The summed E-state index contributed by atoms with van der Waals surface area (Å²) in [6, 6.07) is -0.115. The van der Waals surface area contributed by atoms with Gasteiger partial charge in [0.1, 0.15) is 0 Å². The third-order valence-electron chi connectivity index (χ3n) is 6.35. The highest BCUT2D eigenvalue weighted by Crippen LogP contribution is 2.41. The third-order valence-corrected chi connectivity index (χ3v) is 6.35. The average molecular weight is 411 g/mol. The standard InChI is InChI=1S/C21H38N4O4/c1-4-8-25(20(27)23-18-14-24(3)15-18)19(26)17(13-22-2)11-16-6-5-7-21(12-16)28-9-10-29-21/h16-18,22H,4-15H2,1-3H3,(H,23,27). The van der Waals surface area contributed by atoms with E-state index in [1.54, 1.807) is 0 Å². The predicted octanol–water partition coefficient (Wildman–Crippen LogP) is 1.41. The summed E-state index contributed by atoms with van der Waals surface area (Å²) in [6.07, 6.45) is 5.43. The molecule has 2 heterocycles. The molecular formula is C21H38N4O4. The fourth-order valence-electron chi connectivity index (χ4n) is 4.98. The summed E-state index contributed by atoms with van der Waals surface area (Å²) in [4.78, 5) is 29.7. The molecule has 3 aliphatic rings. The Kier molecular flexibility index (Phi) is 7.90. The van der Waals surface area contributed by atoms with Gasteiger partial charge in [-0.05, 0) is 39.3 Å². The van der Waals surface area contributed by atoms with Crippen molar-refractivity contribution in [2.24, 2.45) is 11.8 Å². The highest BCUT2D eigenvalue weighted by Gasteiger charge is 2.42. The van der Waals surface area contributed by atoms with Crippen molar-refractivity contribution < 1.29 is 19.1 Å². The normalized spacial score (nSPS) is 25.6. The molecule has 1 aliphatic carbocycles. The first-order valence-corrected chi connectivity index (χ1v) is 11.2. The Bertz CT molecular complexity index is 561. The van der Waals surface area contributed by atoms with Gasteiger partial charge in [-0.15, -0.1) is 0 Å². The van der Waals surface area contributed by atoms with Crippen molar-refractivity contribution in [2.75, 3.05) is 53.5 Å². The van der Waals surface area contributed by atoms with Gasteiger partial charge in [-0.1, -0.05) is 13.3 Å². The van der Waals surface area contributed by atoms with Crippen LogP contribution in [0.5, 0.6) is 0 Å². The SMILES string of the molecule is CCCN(C(=O)NC1CN(C)C1)C(=O)C(CNC)CC1CCCC2(C1)OCCO2. The van der Waals surface area contributed by atoms with E-state index in [1.165, 1.54) is 4.90 Å². The molecule has 2 atom stereocenters. The van der Waals surface area contributed by atoms with E-state index in [0.29, 0.717) is 32.2 Å². The number of carbonyl (C=O) groups excluding carboxylic acids is 2. The molecule has 29 heavy (non-hydrogen) atoms. The Labute approximate surface area is 174 Å². The molecular weight excluding hydrogens is 372 g/mol. The number of imide groups is 1. The highest BCUT2D eigenvalue weighted by molar-refractivity contribution is 5.95. The number of hydrogen-bond acceptors (Lipinski definition) is 6. The smallest absolute Gasteiger partial charge is 0.324 e. The van der Waals surface area contributed by atoms with E-state index in [0.717, 1.165) is 51.6 Å². The molecule has 0 aromatic heterocycles. The zero-order valence-electron chi connectivity index (χ0n) is 18.2. The Hall–Kier alpha value is -1.22. The van der Waals surface area contributed by atoms with Gasteiger partial charge in [0.15, 0.2) is 5.79 Å². The van der Waals surface area contributed by atoms with Gasteiger partial charge in [0.25, 0.3) is 0 Å². The fraction of sp³-hybridized carbons (Fsp3) is 0.905. The lowest BCUT2D eigenvalue weighted by Gasteiger charge is -2.39. The molecule has 2 N–H and O–H groups in total. The second-order valence-corrected chi connectivity index (χ2v) is 8.92. The van der Waals surface area contributed by atoms with Crippen molar-refractivity contribution in [1.29, 1.82) is 0 Å². The summed E-state index contributed by atoms with van der Waals surface area (Å²) in [6.45, 7) is 6.02. The summed E-state index contributed by atoms with van der Waals surface area (Å²) in [7, 11) is 3.88. The number of nitrogens with one attached hydrogen (secondary N) is 2. The van der Waals surface area contributed by atoms with Crippen LogP contribution in [0.25, 0.3) is 0 Å². The average Bonchev–Trinajstić information content (AvgIpc) is 3.11. The van der Waals surface area contributed by atoms with Gasteiger partial charge in [-0.2, -0.15) is 0 Å². The van der Waals surface area contributed by atoms with Crippen LogP contribution in [0.4, 0.5) is 4.79 Å². The number of carbonyl (C=O) groups is 2. The Balaban J connectivity index is 1.61. The van der Waals surface area contributed by atoms with Crippen LogP contribution >= 0.6 is 0 Å². The maximum atomic E-state index is 13.4. The number of likely N-dealkylation sites (tertiary alicyclic amines) is 1. The molecule has 0 aromatic carbocycles. The molecule has 0 aromatic rings. The largest absolute Gasteiger partial charge is 0.348 e. The summed E-state index contributed by atoms with van der Waals surface area (Å²) in [5, 5.41) is 6.17. The van der Waals surface area contributed by atoms with E-state index in [1.807, 2.05) is 21.0 Å². The topological polar surface area (TPSA) is 83.1 Å². The van der Waals surface area contributed by atoms with Gasteiger partial charge in [-0.25, -0.2) is 4.79 Å². The van der Waals surface area contributed by atoms with Crippen molar-refractivity contribution in [3.05, 3.63) is 0 Å². The van der Waals surface area contributed by atoms with Crippen LogP contribution in [0.3, 0.4) is 0 Å². The molecule has 2 saturated heterocycles.